The number of aromatic nitrogens is 4. The number of hydrogen-bond acceptors (Lipinski definition) is 5. The third-order valence-electron chi connectivity index (χ3n) is 6.43. The van der Waals surface area contributed by atoms with Crippen LogP contribution in [0.5, 0.6) is 0 Å². The van der Waals surface area contributed by atoms with E-state index in [1.54, 1.807) is 0 Å². The number of rotatable bonds is 5. The molecule has 2 aliphatic carbocycles. The van der Waals surface area contributed by atoms with Crippen molar-refractivity contribution in [2.75, 3.05) is 26.2 Å². The van der Waals surface area contributed by atoms with Gasteiger partial charge in [0.2, 0.25) is 0 Å². The van der Waals surface area contributed by atoms with Gasteiger partial charge in [0.15, 0.2) is 5.82 Å². The number of hydrogen-bond donors (Lipinski definition) is 0. The highest BCUT2D eigenvalue weighted by molar-refractivity contribution is 4.92. The van der Waals surface area contributed by atoms with Crippen LogP contribution in [0.2, 0.25) is 0 Å². The Labute approximate surface area is 145 Å². The molecule has 134 valence electrons. The minimum absolute atomic E-state index is 0.576. The predicted molar refractivity (Wildman–Crippen MR) is 93.5 cm³/mol. The van der Waals surface area contributed by atoms with Crippen molar-refractivity contribution in [2.45, 2.75) is 71.0 Å². The molecule has 3 aliphatic rings. The highest BCUT2D eigenvalue weighted by Crippen LogP contribution is 2.35. The molecule has 6 nitrogen and oxygen atoms in total. The number of tetrazole rings is 1. The Morgan fingerprint density at radius 3 is 2.21 bits per heavy atom. The van der Waals surface area contributed by atoms with Gasteiger partial charge in [0.05, 0.1) is 12.6 Å². The number of nitrogens with zero attached hydrogens (tertiary/aromatic N) is 6. The van der Waals surface area contributed by atoms with Crippen molar-refractivity contribution in [3.63, 3.8) is 0 Å². The fourth-order valence-corrected chi connectivity index (χ4v) is 4.54. The zero-order valence-corrected chi connectivity index (χ0v) is 15.3. The summed E-state index contributed by atoms with van der Waals surface area (Å²) in [6.45, 7) is 10.4. The van der Waals surface area contributed by atoms with Crippen LogP contribution >= 0.6 is 0 Å². The SMILES string of the molecule is CC(C)C1CCC(N2CCN(Cc3nnnn3C3CC3)CC2)CC1. The maximum atomic E-state index is 4.25. The Morgan fingerprint density at radius 2 is 1.58 bits per heavy atom. The van der Waals surface area contributed by atoms with Crippen LogP contribution in [-0.4, -0.2) is 62.2 Å². The van der Waals surface area contributed by atoms with Crippen molar-refractivity contribution >= 4 is 0 Å². The van der Waals surface area contributed by atoms with Gasteiger partial charge in [-0.3, -0.25) is 9.80 Å². The number of piperazine rings is 1. The van der Waals surface area contributed by atoms with Gasteiger partial charge >= 0.3 is 0 Å². The van der Waals surface area contributed by atoms with E-state index in [4.69, 9.17) is 0 Å². The minimum Gasteiger partial charge on any atom is -0.298 e. The van der Waals surface area contributed by atoms with E-state index in [1.165, 1.54) is 51.6 Å². The van der Waals surface area contributed by atoms with Crippen molar-refractivity contribution in [2.24, 2.45) is 11.8 Å². The summed E-state index contributed by atoms with van der Waals surface area (Å²) in [5.41, 5.74) is 0. The van der Waals surface area contributed by atoms with Crippen molar-refractivity contribution in [3.05, 3.63) is 5.82 Å². The Bertz CT molecular complexity index is 521. The molecule has 1 aliphatic heterocycles. The Morgan fingerprint density at radius 1 is 0.917 bits per heavy atom. The van der Waals surface area contributed by atoms with Gasteiger partial charge in [-0.05, 0) is 60.8 Å². The molecule has 0 N–H and O–H groups in total. The summed E-state index contributed by atoms with van der Waals surface area (Å²) in [6, 6.07) is 1.41. The lowest BCUT2D eigenvalue weighted by Crippen LogP contribution is -2.51. The third kappa shape index (κ3) is 3.64. The predicted octanol–water partition coefficient (Wildman–Crippen LogP) is 2.34. The Hall–Kier alpha value is -1.01. The molecular formula is C18H32N6. The zero-order valence-electron chi connectivity index (χ0n) is 15.3. The van der Waals surface area contributed by atoms with Gasteiger partial charge in [-0.15, -0.1) is 5.10 Å². The molecule has 0 amide bonds. The Balaban J connectivity index is 1.24. The summed E-state index contributed by atoms with van der Waals surface area (Å²) < 4.78 is 2.06. The first-order valence-corrected chi connectivity index (χ1v) is 9.94. The van der Waals surface area contributed by atoms with E-state index < -0.39 is 0 Å². The molecule has 24 heavy (non-hydrogen) atoms. The first-order chi connectivity index (χ1) is 11.7. The van der Waals surface area contributed by atoms with Crippen LogP contribution in [0.3, 0.4) is 0 Å². The summed E-state index contributed by atoms with van der Waals surface area (Å²) in [7, 11) is 0. The fraction of sp³-hybridized carbons (Fsp3) is 0.944. The molecule has 1 aromatic heterocycles. The average Bonchev–Trinajstić information content (AvgIpc) is 3.35. The van der Waals surface area contributed by atoms with E-state index in [-0.39, 0.29) is 0 Å². The molecular weight excluding hydrogens is 300 g/mol. The van der Waals surface area contributed by atoms with Gasteiger partial charge in [-0.25, -0.2) is 4.68 Å². The van der Waals surface area contributed by atoms with E-state index >= 15 is 0 Å². The van der Waals surface area contributed by atoms with Crippen molar-refractivity contribution in [1.29, 1.82) is 0 Å². The fourth-order valence-electron chi connectivity index (χ4n) is 4.54. The molecule has 0 radical (unpaired) electrons. The quantitative estimate of drug-likeness (QED) is 0.828. The minimum atomic E-state index is 0.576. The van der Waals surface area contributed by atoms with E-state index in [0.717, 1.165) is 43.3 Å². The molecule has 1 aromatic rings. The lowest BCUT2D eigenvalue weighted by Gasteiger charge is -2.42. The Kier molecular flexibility index (Phi) is 4.86. The normalized spacial score (nSPS) is 30.1. The summed E-state index contributed by atoms with van der Waals surface area (Å²) in [6.07, 6.45) is 8.15. The molecule has 0 spiro atoms. The summed E-state index contributed by atoms with van der Waals surface area (Å²) in [4.78, 5) is 5.28. The van der Waals surface area contributed by atoms with Crippen LogP contribution in [-0.2, 0) is 6.54 Å². The van der Waals surface area contributed by atoms with Gasteiger partial charge in [0, 0.05) is 32.2 Å². The van der Waals surface area contributed by atoms with Crippen LogP contribution in [0.1, 0.15) is 64.2 Å². The molecule has 0 atom stereocenters. The summed E-state index contributed by atoms with van der Waals surface area (Å²) in [5.74, 6) is 2.88. The lowest BCUT2D eigenvalue weighted by molar-refractivity contribution is 0.0610. The second-order valence-corrected chi connectivity index (χ2v) is 8.40. The summed E-state index contributed by atoms with van der Waals surface area (Å²) in [5, 5.41) is 12.3. The lowest BCUT2D eigenvalue weighted by atomic mass is 9.79. The van der Waals surface area contributed by atoms with E-state index in [2.05, 4.69) is 43.9 Å². The van der Waals surface area contributed by atoms with Gasteiger partial charge in [0.1, 0.15) is 0 Å². The average molecular weight is 332 g/mol. The zero-order chi connectivity index (χ0) is 16.5. The maximum absolute atomic E-state index is 4.25. The van der Waals surface area contributed by atoms with Gasteiger partial charge in [-0.1, -0.05) is 13.8 Å². The molecule has 1 saturated heterocycles. The molecule has 2 heterocycles. The first kappa shape index (κ1) is 16.5. The molecule has 4 rings (SSSR count). The standard InChI is InChI=1S/C18H32N6/c1-14(2)15-3-5-16(6-4-15)23-11-9-22(10-12-23)13-18-19-20-21-24(18)17-7-8-17/h14-17H,3-13H2,1-2H3. The van der Waals surface area contributed by atoms with Crippen LogP contribution in [0, 0.1) is 11.8 Å². The van der Waals surface area contributed by atoms with Crippen LogP contribution in [0.4, 0.5) is 0 Å². The topological polar surface area (TPSA) is 50.1 Å². The monoisotopic (exact) mass is 332 g/mol. The van der Waals surface area contributed by atoms with Crippen LogP contribution in [0.25, 0.3) is 0 Å². The second kappa shape index (κ2) is 7.08. The molecule has 0 bridgehead atoms. The highest BCUT2D eigenvalue weighted by atomic mass is 15.6. The smallest absolute Gasteiger partial charge is 0.165 e. The molecule has 6 heteroatoms. The summed E-state index contributed by atoms with van der Waals surface area (Å²) >= 11 is 0. The van der Waals surface area contributed by atoms with Gasteiger partial charge in [-0.2, -0.15) is 0 Å². The second-order valence-electron chi connectivity index (χ2n) is 8.40. The van der Waals surface area contributed by atoms with Crippen molar-refractivity contribution in [3.8, 4) is 0 Å². The molecule has 2 saturated carbocycles. The largest absolute Gasteiger partial charge is 0.298 e. The first-order valence-electron chi connectivity index (χ1n) is 9.94. The van der Waals surface area contributed by atoms with E-state index in [0.29, 0.717) is 6.04 Å². The third-order valence-corrected chi connectivity index (χ3v) is 6.43. The molecule has 0 aromatic carbocycles. The van der Waals surface area contributed by atoms with Crippen LogP contribution < -0.4 is 0 Å². The van der Waals surface area contributed by atoms with Crippen molar-refractivity contribution in [1.82, 2.24) is 30.0 Å². The van der Waals surface area contributed by atoms with Gasteiger partial charge in [0.25, 0.3) is 0 Å². The maximum Gasteiger partial charge on any atom is 0.165 e. The van der Waals surface area contributed by atoms with E-state index in [1.807, 2.05) is 0 Å². The van der Waals surface area contributed by atoms with E-state index in [9.17, 15) is 0 Å². The van der Waals surface area contributed by atoms with Crippen molar-refractivity contribution < 1.29 is 0 Å². The molecule has 0 unspecified atom stereocenters. The van der Waals surface area contributed by atoms with Gasteiger partial charge < -0.3 is 0 Å². The molecule has 3 fully saturated rings. The highest BCUT2D eigenvalue weighted by Gasteiger charge is 2.31. The van der Waals surface area contributed by atoms with Crippen LogP contribution in [0.15, 0.2) is 0 Å².